The molecule has 0 radical (unpaired) electrons. The minimum atomic E-state index is -0.499. The van der Waals surface area contributed by atoms with Gasteiger partial charge in [0.25, 0.3) is 0 Å². The molecular formula is C26H24FNO4. The number of hydrogen-bond donors (Lipinski definition) is 1. The third kappa shape index (κ3) is 4.09. The molecule has 32 heavy (non-hydrogen) atoms. The van der Waals surface area contributed by atoms with Crippen molar-refractivity contribution in [1.82, 2.24) is 0 Å². The number of halogens is 1. The number of aliphatic hydroxyl groups is 1. The van der Waals surface area contributed by atoms with Crippen molar-refractivity contribution in [3.05, 3.63) is 78.1 Å². The molecule has 1 N–H and O–H groups in total. The van der Waals surface area contributed by atoms with Gasteiger partial charge in [-0.15, -0.1) is 0 Å². The molecule has 0 aliphatic rings. The first kappa shape index (κ1) is 21.6. The second-order valence-corrected chi connectivity index (χ2v) is 7.41. The van der Waals surface area contributed by atoms with Gasteiger partial charge in [-0.25, -0.2) is 9.18 Å². The lowest BCUT2D eigenvalue weighted by Gasteiger charge is -2.22. The van der Waals surface area contributed by atoms with Crippen molar-refractivity contribution in [2.24, 2.45) is 0 Å². The molecule has 0 aliphatic heterocycles. The summed E-state index contributed by atoms with van der Waals surface area (Å²) >= 11 is 0. The number of carbonyl (C=O) groups excluding carboxylic acids is 1. The van der Waals surface area contributed by atoms with E-state index in [0.29, 0.717) is 34.4 Å². The van der Waals surface area contributed by atoms with Crippen molar-refractivity contribution >= 4 is 22.6 Å². The highest BCUT2D eigenvalue weighted by molar-refractivity contribution is 6.11. The number of likely N-dealkylation sites (N-methyl/N-ethyl adjacent to an activating group) is 1. The second-order valence-electron chi connectivity index (χ2n) is 7.41. The van der Waals surface area contributed by atoms with E-state index < -0.39 is 5.97 Å². The van der Waals surface area contributed by atoms with Gasteiger partial charge < -0.3 is 19.2 Å². The van der Waals surface area contributed by atoms with Gasteiger partial charge in [0.1, 0.15) is 22.7 Å². The van der Waals surface area contributed by atoms with Gasteiger partial charge >= 0.3 is 5.97 Å². The van der Waals surface area contributed by atoms with E-state index in [1.807, 2.05) is 54.4 Å². The number of esters is 1. The maximum Gasteiger partial charge on any atom is 0.342 e. The van der Waals surface area contributed by atoms with E-state index in [1.165, 1.54) is 12.1 Å². The number of anilines is 1. The maximum absolute atomic E-state index is 13.5. The molecule has 164 valence electrons. The summed E-state index contributed by atoms with van der Waals surface area (Å²) in [5.41, 5.74) is 4.11. The number of aliphatic hydroxyl groups excluding tert-OH is 1. The number of furan rings is 1. The summed E-state index contributed by atoms with van der Waals surface area (Å²) in [5.74, 6) is -0.540. The highest BCUT2D eigenvalue weighted by Gasteiger charge is 2.25. The number of benzene rings is 3. The summed E-state index contributed by atoms with van der Waals surface area (Å²) in [6.07, 6.45) is 0. The standard InChI is InChI=1S/C26H24FNO4/c1-3-31-26(30)24-21-15-20(17-7-5-4-6-8-17)22(28(2)13-14-29)16-23(21)32-25(24)18-9-11-19(27)12-10-18/h4-12,15-16,29H,3,13-14H2,1-2H3. The second kappa shape index (κ2) is 9.24. The average molecular weight is 433 g/mol. The Hall–Kier alpha value is -3.64. The van der Waals surface area contributed by atoms with Crippen LogP contribution in [0.1, 0.15) is 17.3 Å². The molecule has 0 saturated carbocycles. The molecule has 0 unspecified atom stereocenters. The number of hydrogen-bond acceptors (Lipinski definition) is 5. The Morgan fingerprint density at radius 2 is 1.78 bits per heavy atom. The molecule has 4 aromatic rings. The van der Waals surface area contributed by atoms with Crippen molar-refractivity contribution in [3.8, 4) is 22.5 Å². The van der Waals surface area contributed by atoms with Crippen LogP contribution in [0.15, 0.2) is 71.1 Å². The van der Waals surface area contributed by atoms with Crippen LogP contribution in [-0.2, 0) is 4.74 Å². The van der Waals surface area contributed by atoms with E-state index in [2.05, 4.69) is 0 Å². The molecule has 0 bridgehead atoms. The van der Waals surface area contributed by atoms with E-state index in [1.54, 1.807) is 19.1 Å². The molecule has 0 amide bonds. The van der Waals surface area contributed by atoms with Gasteiger partial charge in [-0.2, -0.15) is 0 Å². The summed E-state index contributed by atoms with van der Waals surface area (Å²) in [7, 11) is 1.89. The summed E-state index contributed by atoms with van der Waals surface area (Å²) in [6.45, 7) is 2.39. The van der Waals surface area contributed by atoms with Crippen LogP contribution >= 0.6 is 0 Å². The van der Waals surface area contributed by atoms with Crippen molar-refractivity contribution in [3.63, 3.8) is 0 Å². The Morgan fingerprint density at radius 3 is 2.44 bits per heavy atom. The fourth-order valence-electron chi connectivity index (χ4n) is 3.78. The zero-order valence-electron chi connectivity index (χ0n) is 18.0. The van der Waals surface area contributed by atoms with Crippen LogP contribution in [0.4, 0.5) is 10.1 Å². The monoisotopic (exact) mass is 433 g/mol. The third-order valence-corrected chi connectivity index (χ3v) is 5.32. The highest BCUT2D eigenvalue weighted by atomic mass is 19.1. The molecular weight excluding hydrogens is 409 g/mol. The number of fused-ring (bicyclic) bond motifs is 1. The van der Waals surface area contributed by atoms with Gasteiger partial charge in [0.15, 0.2) is 0 Å². The number of rotatable bonds is 7. The molecule has 0 spiro atoms. The van der Waals surface area contributed by atoms with E-state index in [-0.39, 0.29) is 19.0 Å². The molecule has 0 fully saturated rings. The molecule has 1 heterocycles. The topological polar surface area (TPSA) is 62.9 Å². The fraction of sp³-hybridized carbons (Fsp3) is 0.192. The molecule has 5 nitrogen and oxygen atoms in total. The molecule has 6 heteroatoms. The number of nitrogens with zero attached hydrogens (tertiary/aromatic N) is 1. The summed E-state index contributed by atoms with van der Waals surface area (Å²) in [6, 6.07) is 19.4. The Labute approximate surface area is 185 Å². The first-order valence-corrected chi connectivity index (χ1v) is 10.4. The van der Waals surface area contributed by atoms with Crippen LogP contribution in [0.3, 0.4) is 0 Å². The third-order valence-electron chi connectivity index (χ3n) is 5.32. The van der Waals surface area contributed by atoms with Crippen LogP contribution < -0.4 is 4.90 Å². The first-order chi connectivity index (χ1) is 15.5. The smallest absolute Gasteiger partial charge is 0.342 e. The largest absolute Gasteiger partial charge is 0.462 e. The molecule has 3 aromatic carbocycles. The lowest BCUT2D eigenvalue weighted by Crippen LogP contribution is -2.21. The Morgan fingerprint density at radius 1 is 1.06 bits per heavy atom. The summed E-state index contributed by atoms with van der Waals surface area (Å²) in [4.78, 5) is 14.9. The Balaban J connectivity index is 2.01. The van der Waals surface area contributed by atoms with Crippen molar-refractivity contribution < 1.29 is 23.4 Å². The van der Waals surface area contributed by atoms with Gasteiger partial charge in [-0.3, -0.25) is 0 Å². The molecule has 0 saturated heterocycles. The predicted molar refractivity (Wildman–Crippen MR) is 123 cm³/mol. The lowest BCUT2D eigenvalue weighted by atomic mass is 9.98. The van der Waals surface area contributed by atoms with Gasteiger partial charge in [-0.05, 0) is 42.8 Å². The van der Waals surface area contributed by atoms with E-state index >= 15 is 0 Å². The fourth-order valence-corrected chi connectivity index (χ4v) is 3.78. The van der Waals surface area contributed by atoms with Crippen molar-refractivity contribution in [2.75, 3.05) is 31.7 Å². The van der Waals surface area contributed by atoms with Crippen LogP contribution in [0, 0.1) is 5.82 Å². The molecule has 0 atom stereocenters. The average Bonchev–Trinajstić information content (AvgIpc) is 3.18. The minimum Gasteiger partial charge on any atom is -0.462 e. The zero-order valence-corrected chi connectivity index (χ0v) is 18.0. The first-order valence-electron chi connectivity index (χ1n) is 10.4. The maximum atomic E-state index is 13.5. The van der Waals surface area contributed by atoms with Gasteiger partial charge in [0, 0.05) is 41.9 Å². The van der Waals surface area contributed by atoms with Crippen LogP contribution in [0.25, 0.3) is 33.4 Å². The van der Waals surface area contributed by atoms with Gasteiger partial charge in [-0.1, -0.05) is 30.3 Å². The van der Waals surface area contributed by atoms with E-state index in [9.17, 15) is 14.3 Å². The van der Waals surface area contributed by atoms with Crippen molar-refractivity contribution in [1.29, 1.82) is 0 Å². The number of carbonyl (C=O) groups is 1. The van der Waals surface area contributed by atoms with Crippen LogP contribution in [0.2, 0.25) is 0 Å². The van der Waals surface area contributed by atoms with E-state index in [0.717, 1.165) is 16.8 Å². The summed E-state index contributed by atoms with van der Waals surface area (Å²) < 4.78 is 25.0. The molecule has 1 aromatic heterocycles. The zero-order chi connectivity index (χ0) is 22.7. The predicted octanol–water partition coefficient (Wildman–Crippen LogP) is 5.51. The highest BCUT2D eigenvalue weighted by Crippen LogP contribution is 2.41. The Kier molecular flexibility index (Phi) is 6.23. The summed E-state index contributed by atoms with van der Waals surface area (Å²) in [5, 5.41) is 10.1. The minimum absolute atomic E-state index is 0.00414. The normalized spacial score (nSPS) is 11.0. The van der Waals surface area contributed by atoms with Gasteiger partial charge in [0.2, 0.25) is 0 Å². The SMILES string of the molecule is CCOC(=O)c1c(-c2ccc(F)cc2)oc2cc(N(C)CCO)c(-c3ccccc3)cc12. The Bertz CT molecular complexity index is 1230. The molecule has 4 rings (SSSR count). The molecule has 0 aliphatic carbocycles. The van der Waals surface area contributed by atoms with Crippen LogP contribution in [-0.4, -0.2) is 37.9 Å². The van der Waals surface area contributed by atoms with Gasteiger partial charge in [0.05, 0.1) is 13.2 Å². The van der Waals surface area contributed by atoms with E-state index in [4.69, 9.17) is 9.15 Å². The lowest BCUT2D eigenvalue weighted by molar-refractivity contribution is 0.0528. The van der Waals surface area contributed by atoms with Crippen molar-refractivity contribution in [2.45, 2.75) is 6.92 Å². The van der Waals surface area contributed by atoms with Crippen LogP contribution in [0.5, 0.6) is 0 Å². The number of ether oxygens (including phenoxy) is 1. The quantitative estimate of drug-likeness (QED) is 0.389.